The van der Waals surface area contributed by atoms with E-state index in [1.54, 1.807) is 134 Å². The van der Waals surface area contributed by atoms with E-state index in [9.17, 15) is 58.8 Å². The third kappa shape index (κ3) is 18.5. The van der Waals surface area contributed by atoms with E-state index < -0.39 is 45.0 Å². The Hall–Kier alpha value is -14.4. The maximum atomic E-state index is 12.8. The Morgan fingerprint density at radius 1 is 0.320 bits per heavy atom. The largest absolute Gasteiger partial charge is 0.507 e. The number of rotatable bonds is 19. The number of aromatic hydroxyl groups is 4. The average molecular weight is 1680 g/mol. The number of likely N-dealkylation sites (N-methyl/N-ethyl adjacent to an activating group) is 2. The molecule has 26 heteroatoms. The van der Waals surface area contributed by atoms with Crippen molar-refractivity contribution in [1.82, 2.24) is 29.5 Å². The van der Waals surface area contributed by atoms with E-state index in [0.717, 1.165) is 98.6 Å². The lowest BCUT2D eigenvalue weighted by atomic mass is 9.99. The monoisotopic (exact) mass is 1680 g/mol. The molecule has 8 aromatic carbocycles. The van der Waals surface area contributed by atoms with Crippen LogP contribution in [0.3, 0.4) is 0 Å². The first-order chi connectivity index (χ1) is 60.6. The molecule has 0 amide bonds. The Balaban J connectivity index is 0.000000123. The Kier molecular flexibility index (Phi) is 25.0. The van der Waals surface area contributed by atoms with Crippen LogP contribution >= 0.6 is 0 Å². The summed E-state index contributed by atoms with van der Waals surface area (Å²) in [6.45, 7) is 13.3. The van der Waals surface area contributed by atoms with Crippen LogP contribution in [0.4, 0.5) is 0 Å². The molecule has 0 bridgehead atoms. The van der Waals surface area contributed by atoms with Gasteiger partial charge in [-0.15, -0.1) is 0 Å². The summed E-state index contributed by atoms with van der Waals surface area (Å²) < 4.78 is 44.0. The number of nitrogens with zero attached hydrogens (tertiary/aromatic N) is 6. The lowest BCUT2D eigenvalue weighted by Crippen LogP contribution is -2.31. The van der Waals surface area contributed by atoms with Gasteiger partial charge < -0.3 is 60.7 Å². The van der Waals surface area contributed by atoms with Crippen LogP contribution in [0.25, 0.3) is 132 Å². The molecule has 634 valence electrons. The van der Waals surface area contributed by atoms with Gasteiger partial charge in [-0.05, 0) is 194 Å². The van der Waals surface area contributed by atoms with Crippen LogP contribution in [0.15, 0.2) is 292 Å². The maximum absolute atomic E-state index is 12.8. The minimum Gasteiger partial charge on any atom is -0.507 e. The molecule has 26 nitrogen and oxygen atoms in total. The number of piperidine rings is 1. The van der Waals surface area contributed by atoms with Crippen LogP contribution in [0.2, 0.25) is 0 Å². The fourth-order valence-corrected chi connectivity index (χ4v) is 16.3. The van der Waals surface area contributed by atoms with E-state index in [1.807, 2.05) is 88.6 Å². The highest BCUT2D eigenvalue weighted by Gasteiger charge is 2.27. The molecule has 2 saturated heterocycles. The van der Waals surface area contributed by atoms with Gasteiger partial charge in [0.25, 0.3) is 0 Å². The standard InChI is InChI=1S/C27H22N2O5.C25H26N2O5.C24H21NO5.C23H19NO5/c1-2-29(15-17-9-11-28-12-10-17)16-22-23(30)8-7-19-20(14-25(31)34-26(19)22)21-13-18-5-3-4-6-24(18)33-27(21)32;1-4-27(12-11-26(2)3)15-20-21(28)10-9-17-18(14-23(29)32-24(17)20)19-13-16-7-5-6-8-22(16)31-25(19)30;26-20-9-8-16-17(18-12-15-6-2-3-7-21(15)29-24(18)28)13-22(27)30-23(16)19(20)14-25-10-4-1-5-11-25;25-19-8-7-15-16(17-11-14-5-1-2-6-20(14)28-23(17)27)12-21(26)29-22(15)18(19)13-24-9-3-4-10-24/h3-14,30H,2,15-16H2,1H3;5-10,13-14,28H,4,11-12,15H2,1-3H3;2-3,6-9,12-13,26H,1,4-5,10-11,14H2;1-2,5-8,11-12,25H,3-4,9-10,13H2. The number of hydrogen-bond acceptors (Lipinski definition) is 26. The lowest BCUT2D eigenvalue weighted by molar-refractivity contribution is 0.218. The molecule has 19 rings (SSSR count). The van der Waals surface area contributed by atoms with Crippen LogP contribution in [0.5, 0.6) is 23.0 Å². The molecular weight excluding hydrogens is 1590 g/mol. The predicted octanol–water partition coefficient (Wildman–Crippen LogP) is 16.5. The van der Waals surface area contributed by atoms with Crippen molar-refractivity contribution in [3.05, 3.63) is 330 Å². The third-order valence-corrected chi connectivity index (χ3v) is 22.8. The van der Waals surface area contributed by atoms with Gasteiger partial charge >= 0.3 is 45.0 Å². The van der Waals surface area contributed by atoms with Gasteiger partial charge in [0.2, 0.25) is 0 Å². The molecule has 9 aromatic heterocycles. The molecule has 0 aliphatic carbocycles. The molecule has 125 heavy (non-hydrogen) atoms. The lowest BCUT2D eigenvalue weighted by Gasteiger charge is -2.26. The van der Waals surface area contributed by atoms with Gasteiger partial charge in [0.1, 0.15) is 67.7 Å². The van der Waals surface area contributed by atoms with Gasteiger partial charge in [0.05, 0.1) is 44.5 Å². The van der Waals surface area contributed by atoms with E-state index in [0.29, 0.717) is 150 Å². The number of phenolic OH excluding ortho intramolecular Hbond substituents is 4. The zero-order valence-corrected chi connectivity index (χ0v) is 69.0. The summed E-state index contributed by atoms with van der Waals surface area (Å²) in [7, 11) is 4.01. The van der Waals surface area contributed by atoms with Crippen molar-refractivity contribution >= 4 is 87.8 Å². The van der Waals surface area contributed by atoms with E-state index in [-0.39, 0.29) is 45.3 Å². The highest BCUT2D eigenvalue weighted by atomic mass is 16.4. The Morgan fingerprint density at radius 2 is 0.616 bits per heavy atom. The third-order valence-electron chi connectivity index (χ3n) is 22.8. The van der Waals surface area contributed by atoms with Crippen LogP contribution < -0.4 is 45.0 Å². The minimum atomic E-state index is -0.612. The van der Waals surface area contributed by atoms with Crippen LogP contribution in [-0.2, 0) is 32.7 Å². The molecule has 17 aromatic rings. The highest BCUT2D eigenvalue weighted by molar-refractivity contribution is 6.01. The first kappa shape index (κ1) is 84.2. The summed E-state index contributed by atoms with van der Waals surface area (Å²) >= 11 is 0. The Morgan fingerprint density at radius 3 is 0.936 bits per heavy atom. The van der Waals surface area contributed by atoms with Crippen molar-refractivity contribution in [2.75, 3.05) is 66.5 Å². The van der Waals surface area contributed by atoms with E-state index in [2.05, 4.69) is 29.5 Å². The summed E-state index contributed by atoms with van der Waals surface area (Å²) in [5.74, 6) is 0.229. The molecule has 4 N–H and O–H groups in total. The van der Waals surface area contributed by atoms with Gasteiger partial charge in [-0.1, -0.05) is 93.1 Å². The van der Waals surface area contributed by atoms with Crippen LogP contribution in [-0.4, -0.2) is 116 Å². The number of hydrogen-bond donors (Lipinski definition) is 4. The van der Waals surface area contributed by atoms with Crippen molar-refractivity contribution in [2.24, 2.45) is 0 Å². The minimum absolute atomic E-state index is 0.0199. The summed E-state index contributed by atoms with van der Waals surface area (Å²) in [5.41, 5.74) is 4.65. The normalized spacial score (nSPS) is 13.2. The van der Waals surface area contributed by atoms with Gasteiger partial charge in [-0.25, -0.2) is 38.4 Å². The number of pyridine rings is 1. The zero-order chi connectivity index (χ0) is 87.1. The molecule has 0 spiro atoms. The summed E-state index contributed by atoms with van der Waals surface area (Å²) in [4.78, 5) is 116. The van der Waals surface area contributed by atoms with Crippen LogP contribution in [0.1, 0.15) is 73.8 Å². The van der Waals surface area contributed by atoms with Crippen molar-refractivity contribution in [3.8, 4) is 67.5 Å². The van der Waals surface area contributed by atoms with Gasteiger partial charge in [-0.3, -0.25) is 24.6 Å². The molecule has 2 aliphatic heterocycles. The molecule has 2 aliphatic rings. The fourth-order valence-electron chi connectivity index (χ4n) is 16.3. The molecule has 2 fully saturated rings. The van der Waals surface area contributed by atoms with E-state index in [1.165, 1.54) is 30.7 Å². The highest BCUT2D eigenvalue weighted by Crippen LogP contribution is 2.40. The molecule has 0 atom stereocenters. The van der Waals surface area contributed by atoms with Crippen molar-refractivity contribution in [3.63, 3.8) is 0 Å². The molecular formula is C99H88N6O20. The molecule has 0 saturated carbocycles. The SMILES string of the molecule is CCN(CCN(C)C)Cc1c(O)ccc2c(-c3cc4ccccc4oc3=O)cc(=O)oc12.CCN(Cc1ccncc1)Cc1c(O)ccc2c(-c3cc4ccccc4oc3=O)cc(=O)oc12.O=c1cc(-c2cc3ccccc3oc2=O)c2ccc(O)c(CN3CCCC3)c2o1.O=c1cc(-c2cc3ccccc3oc2=O)c2ccc(O)c(CN3CCCCC3)c2o1. The molecule has 0 radical (unpaired) electrons. The van der Waals surface area contributed by atoms with Crippen molar-refractivity contribution in [2.45, 2.75) is 78.7 Å². The van der Waals surface area contributed by atoms with Crippen molar-refractivity contribution < 1.29 is 55.8 Å². The molecule has 11 heterocycles. The van der Waals surface area contributed by atoms with Crippen LogP contribution in [0, 0.1) is 0 Å². The second-order valence-electron chi connectivity index (χ2n) is 31.3. The number of benzene rings is 8. The number of likely N-dealkylation sites (tertiary alicyclic amines) is 2. The number of aromatic nitrogens is 1. The van der Waals surface area contributed by atoms with Gasteiger partial charge in [0.15, 0.2) is 0 Å². The van der Waals surface area contributed by atoms with Gasteiger partial charge in [0, 0.05) is 148 Å². The fraction of sp³-hybridized carbons (Fsp3) is 0.222. The number of phenols is 4. The quantitative estimate of drug-likeness (QED) is 0.0546. The maximum Gasteiger partial charge on any atom is 0.344 e. The topological polar surface area (TPSA) is 352 Å². The second-order valence-corrected chi connectivity index (χ2v) is 31.3. The first-order valence-electron chi connectivity index (χ1n) is 41.3. The number of fused-ring (bicyclic) bond motifs is 8. The first-order valence-corrected chi connectivity index (χ1v) is 41.3. The summed E-state index contributed by atoms with van der Waals surface area (Å²) in [6.07, 6.45) is 9.11. The van der Waals surface area contributed by atoms with Crippen molar-refractivity contribution in [1.29, 1.82) is 0 Å². The summed E-state index contributed by atoms with van der Waals surface area (Å²) in [5, 5.41) is 47.6. The smallest absolute Gasteiger partial charge is 0.344 e. The number of para-hydroxylation sites is 4. The van der Waals surface area contributed by atoms with E-state index >= 15 is 0 Å². The predicted molar refractivity (Wildman–Crippen MR) is 480 cm³/mol. The average Bonchev–Trinajstić information content (AvgIpc) is 0.830. The summed E-state index contributed by atoms with van der Waals surface area (Å²) in [6, 6.07) is 57.8. The second kappa shape index (κ2) is 37.1. The Bertz CT molecular complexity index is 7460. The molecule has 0 unspecified atom stereocenters. The zero-order valence-electron chi connectivity index (χ0n) is 69.0. The Labute approximate surface area is 711 Å². The van der Waals surface area contributed by atoms with Gasteiger partial charge in [-0.2, -0.15) is 0 Å². The van der Waals surface area contributed by atoms with E-state index in [4.69, 9.17) is 35.3 Å².